The first-order valence-electron chi connectivity index (χ1n) is 5.30. The molecule has 0 saturated carbocycles. The number of aromatic nitrogens is 2. The molecule has 0 aliphatic rings. The molecular formula is C11H20N2. The normalized spacial score (nSPS) is 13.2. The van der Waals surface area contributed by atoms with Crippen molar-refractivity contribution in [1.29, 1.82) is 0 Å². The summed E-state index contributed by atoms with van der Waals surface area (Å²) >= 11 is 0. The summed E-state index contributed by atoms with van der Waals surface area (Å²) in [4.78, 5) is 8.04. The van der Waals surface area contributed by atoms with Gasteiger partial charge in [0.25, 0.3) is 0 Å². The van der Waals surface area contributed by atoms with Crippen molar-refractivity contribution in [1.82, 2.24) is 9.97 Å². The molecule has 1 rings (SSSR count). The molecule has 1 N–H and O–H groups in total. The second-order valence-corrected chi connectivity index (χ2v) is 3.56. The quantitative estimate of drug-likeness (QED) is 0.758. The number of hydrogen-bond acceptors (Lipinski definition) is 1. The van der Waals surface area contributed by atoms with E-state index in [1.165, 1.54) is 11.4 Å². The summed E-state index contributed by atoms with van der Waals surface area (Å²) < 4.78 is 0. The molecule has 1 heterocycles. The van der Waals surface area contributed by atoms with Crippen molar-refractivity contribution >= 4 is 0 Å². The fourth-order valence-corrected chi connectivity index (χ4v) is 1.48. The SMILES string of the molecule is CCc1nc(C(C)CC)[nH]c1CC. The summed E-state index contributed by atoms with van der Waals surface area (Å²) in [5.41, 5.74) is 2.57. The summed E-state index contributed by atoms with van der Waals surface area (Å²) in [6.45, 7) is 8.75. The van der Waals surface area contributed by atoms with E-state index >= 15 is 0 Å². The first-order valence-corrected chi connectivity index (χ1v) is 5.30. The maximum absolute atomic E-state index is 4.61. The number of aromatic amines is 1. The number of nitrogens with one attached hydrogen (secondary N) is 1. The van der Waals surface area contributed by atoms with Gasteiger partial charge in [-0.25, -0.2) is 4.98 Å². The van der Waals surface area contributed by atoms with Crippen LogP contribution in [0.25, 0.3) is 0 Å². The Morgan fingerprint density at radius 2 is 1.92 bits per heavy atom. The zero-order valence-corrected chi connectivity index (χ0v) is 9.15. The van der Waals surface area contributed by atoms with Gasteiger partial charge in [-0.2, -0.15) is 0 Å². The molecular weight excluding hydrogens is 160 g/mol. The van der Waals surface area contributed by atoms with Gasteiger partial charge in [-0.3, -0.25) is 0 Å². The highest BCUT2D eigenvalue weighted by Crippen LogP contribution is 2.18. The molecule has 13 heavy (non-hydrogen) atoms. The maximum Gasteiger partial charge on any atom is 0.109 e. The summed E-state index contributed by atoms with van der Waals surface area (Å²) in [6, 6.07) is 0. The largest absolute Gasteiger partial charge is 0.345 e. The van der Waals surface area contributed by atoms with E-state index in [-0.39, 0.29) is 0 Å². The van der Waals surface area contributed by atoms with Crippen LogP contribution in [0.2, 0.25) is 0 Å². The van der Waals surface area contributed by atoms with Gasteiger partial charge in [0.05, 0.1) is 5.69 Å². The maximum atomic E-state index is 4.61. The van der Waals surface area contributed by atoms with Crippen LogP contribution in [0.3, 0.4) is 0 Å². The van der Waals surface area contributed by atoms with E-state index in [4.69, 9.17) is 0 Å². The van der Waals surface area contributed by atoms with Gasteiger partial charge in [0.1, 0.15) is 5.82 Å². The Balaban J connectivity index is 2.92. The van der Waals surface area contributed by atoms with E-state index in [0.29, 0.717) is 5.92 Å². The third-order valence-corrected chi connectivity index (χ3v) is 2.65. The van der Waals surface area contributed by atoms with Crippen molar-refractivity contribution in [3.05, 3.63) is 17.2 Å². The molecule has 74 valence electrons. The number of aryl methyl sites for hydroxylation is 2. The van der Waals surface area contributed by atoms with Crippen molar-refractivity contribution in [2.24, 2.45) is 0 Å². The van der Waals surface area contributed by atoms with Gasteiger partial charge in [0.2, 0.25) is 0 Å². The third kappa shape index (κ3) is 2.11. The Kier molecular flexibility index (Phi) is 3.52. The van der Waals surface area contributed by atoms with E-state index in [0.717, 1.165) is 25.1 Å². The van der Waals surface area contributed by atoms with E-state index in [1.807, 2.05) is 0 Å². The van der Waals surface area contributed by atoms with Crippen LogP contribution in [0, 0.1) is 0 Å². The predicted octanol–water partition coefficient (Wildman–Crippen LogP) is 3.05. The first kappa shape index (κ1) is 10.3. The van der Waals surface area contributed by atoms with Gasteiger partial charge in [0.15, 0.2) is 0 Å². The molecule has 0 bridgehead atoms. The van der Waals surface area contributed by atoms with Crippen LogP contribution in [0.5, 0.6) is 0 Å². The Morgan fingerprint density at radius 1 is 1.23 bits per heavy atom. The molecule has 2 heteroatoms. The van der Waals surface area contributed by atoms with E-state index in [2.05, 4.69) is 37.7 Å². The fourth-order valence-electron chi connectivity index (χ4n) is 1.48. The topological polar surface area (TPSA) is 28.7 Å². The van der Waals surface area contributed by atoms with Crippen LogP contribution in [0.4, 0.5) is 0 Å². The lowest BCUT2D eigenvalue weighted by Crippen LogP contribution is -1.94. The van der Waals surface area contributed by atoms with Gasteiger partial charge in [-0.15, -0.1) is 0 Å². The molecule has 0 saturated heterocycles. The monoisotopic (exact) mass is 180 g/mol. The predicted molar refractivity (Wildman–Crippen MR) is 56.0 cm³/mol. The van der Waals surface area contributed by atoms with Crippen molar-refractivity contribution in [2.45, 2.75) is 52.9 Å². The lowest BCUT2D eigenvalue weighted by atomic mass is 10.1. The van der Waals surface area contributed by atoms with Crippen LogP contribution < -0.4 is 0 Å². The second kappa shape index (κ2) is 4.45. The van der Waals surface area contributed by atoms with Crippen molar-refractivity contribution in [3.63, 3.8) is 0 Å². The third-order valence-electron chi connectivity index (χ3n) is 2.65. The Morgan fingerprint density at radius 3 is 2.31 bits per heavy atom. The van der Waals surface area contributed by atoms with Gasteiger partial charge in [0, 0.05) is 11.6 Å². The summed E-state index contributed by atoms with van der Waals surface area (Å²) in [5, 5.41) is 0. The molecule has 1 unspecified atom stereocenters. The first-order chi connectivity index (χ1) is 6.22. The molecule has 0 radical (unpaired) electrons. The molecule has 0 aliphatic carbocycles. The molecule has 0 amide bonds. The molecule has 0 aromatic carbocycles. The van der Waals surface area contributed by atoms with Crippen LogP contribution in [0.15, 0.2) is 0 Å². The number of rotatable bonds is 4. The van der Waals surface area contributed by atoms with E-state index < -0.39 is 0 Å². The van der Waals surface area contributed by atoms with Crippen molar-refractivity contribution < 1.29 is 0 Å². The van der Waals surface area contributed by atoms with Crippen molar-refractivity contribution in [2.75, 3.05) is 0 Å². The molecule has 1 aromatic rings. The highest BCUT2D eigenvalue weighted by Gasteiger charge is 2.10. The average Bonchev–Trinajstić information content (AvgIpc) is 2.59. The van der Waals surface area contributed by atoms with Crippen LogP contribution in [0.1, 0.15) is 57.2 Å². The highest BCUT2D eigenvalue weighted by molar-refractivity contribution is 5.16. The summed E-state index contributed by atoms with van der Waals surface area (Å²) in [5.74, 6) is 1.72. The lowest BCUT2D eigenvalue weighted by Gasteiger charge is -2.02. The van der Waals surface area contributed by atoms with Crippen LogP contribution in [-0.2, 0) is 12.8 Å². The van der Waals surface area contributed by atoms with Crippen molar-refractivity contribution in [3.8, 4) is 0 Å². The summed E-state index contributed by atoms with van der Waals surface area (Å²) in [7, 11) is 0. The number of nitrogens with zero attached hydrogens (tertiary/aromatic N) is 1. The number of H-pyrrole nitrogens is 1. The molecule has 1 aromatic heterocycles. The highest BCUT2D eigenvalue weighted by atomic mass is 14.9. The van der Waals surface area contributed by atoms with Gasteiger partial charge in [-0.05, 0) is 19.3 Å². The average molecular weight is 180 g/mol. The number of imidazole rings is 1. The van der Waals surface area contributed by atoms with E-state index in [1.54, 1.807) is 0 Å². The second-order valence-electron chi connectivity index (χ2n) is 3.56. The van der Waals surface area contributed by atoms with Gasteiger partial charge < -0.3 is 4.98 Å². The van der Waals surface area contributed by atoms with Gasteiger partial charge >= 0.3 is 0 Å². The molecule has 0 aliphatic heterocycles. The minimum absolute atomic E-state index is 0.561. The fraction of sp³-hybridized carbons (Fsp3) is 0.727. The lowest BCUT2D eigenvalue weighted by molar-refractivity contribution is 0.685. The minimum atomic E-state index is 0.561. The Labute approximate surface area is 80.8 Å². The molecule has 2 nitrogen and oxygen atoms in total. The van der Waals surface area contributed by atoms with Crippen LogP contribution >= 0.6 is 0 Å². The zero-order chi connectivity index (χ0) is 9.84. The molecule has 0 fully saturated rings. The Bertz CT molecular complexity index is 242. The zero-order valence-electron chi connectivity index (χ0n) is 9.15. The van der Waals surface area contributed by atoms with E-state index in [9.17, 15) is 0 Å². The standard InChI is InChI=1S/C11H20N2/c1-5-8(4)11-12-9(6-2)10(7-3)13-11/h8H,5-7H2,1-4H3,(H,12,13). The number of hydrogen-bond donors (Lipinski definition) is 1. The summed E-state index contributed by atoms with van der Waals surface area (Å²) in [6.07, 6.45) is 3.25. The Hall–Kier alpha value is -0.790. The molecule has 1 atom stereocenters. The van der Waals surface area contributed by atoms with Gasteiger partial charge in [-0.1, -0.05) is 27.7 Å². The van der Waals surface area contributed by atoms with Crippen LogP contribution in [-0.4, -0.2) is 9.97 Å². The smallest absolute Gasteiger partial charge is 0.109 e. The minimum Gasteiger partial charge on any atom is -0.345 e. The molecule has 0 spiro atoms.